The van der Waals surface area contributed by atoms with Crippen LogP contribution in [0.4, 0.5) is 10.9 Å². The summed E-state index contributed by atoms with van der Waals surface area (Å²) in [5.41, 5.74) is 2.06. The van der Waals surface area contributed by atoms with Crippen LogP contribution in [0, 0.1) is 0 Å². The monoisotopic (exact) mass is 383 g/mol. The van der Waals surface area contributed by atoms with Gasteiger partial charge >= 0.3 is 0 Å². The second-order valence-corrected chi connectivity index (χ2v) is 8.46. The van der Waals surface area contributed by atoms with Gasteiger partial charge in [0.25, 0.3) is 5.91 Å². The predicted octanol–water partition coefficient (Wildman–Crippen LogP) is 3.92. The number of hydrogen-bond acceptors (Lipinski definition) is 7. The quantitative estimate of drug-likeness (QED) is 0.644. The molecular weight excluding hydrogens is 366 g/mol. The molecule has 132 valence electrons. The lowest BCUT2D eigenvalue weighted by atomic mass is 10.2. The molecule has 1 aliphatic carbocycles. The topological polar surface area (TPSA) is 79.8 Å². The number of rotatable bonds is 7. The highest BCUT2D eigenvalue weighted by Gasteiger charge is 2.43. The molecule has 8 heteroatoms. The van der Waals surface area contributed by atoms with Gasteiger partial charge < -0.3 is 5.32 Å². The fourth-order valence-corrected chi connectivity index (χ4v) is 4.16. The average molecular weight is 384 g/mol. The third-order valence-electron chi connectivity index (χ3n) is 4.08. The standard InChI is InChI=1S/C18H17N5OS2/c24-16(22-17-23-21-12-25-17)13-6-7-15(19-10-13)20-11-18(8-9-18)26-14-4-2-1-3-5-14/h1-7,10,12H,8-9,11H2,(H,19,20)(H,22,23,24). The van der Waals surface area contributed by atoms with Crippen LogP contribution in [0.3, 0.4) is 0 Å². The molecule has 0 saturated heterocycles. The Labute approximate surface area is 159 Å². The van der Waals surface area contributed by atoms with Crippen molar-refractivity contribution in [1.29, 1.82) is 0 Å². The van der Waals surface area contributed by atoms with E-state index < -0.39 is 0 Å². The number of benzene rings is 1. The molecule has 2 N–H and O–H groups in total. The zero-order valence-electron chi connectivity index (χ0n) is 13.9. The Kier molecular flexibility index (Phi) is 4.85. The van der Waals surface area contributed by atoms with Crippen LogP contribution in [0.5, 0.6) is 0 Å². The Morgan fingerprint density at radius 3 is 2.69 bits per heavy atom. The smallest absolute Gasteiger partial charge is 0.259 e. The van der Waals surface area contributed by atoms with Gasteiger partial charge in [-0.05, 0) is 37.1 Å². The van der Waals surface area contributed by atoms with Gasteiger partial charge in [0.15, 0.2) is 0 Å². The number of thioether (sulfide) groups is 1. The van der Waals surface area contributed by atoms with E-state index in [0.29, 0.717) is 10.7 Å². The zero-order chi connectivity index (χ0) is 17.8. The molecule has 1 aromatic carbocycles. The molecule has 1 saturated carbocycles. The van der Waals surface area contributed by atoms with Crippen molar-refractivity contribution in [2.24, 2.45) is 0 Å². The number of aromatic nitrogens is 3. The van der Waals surface area contributed by atoms with E-state index in [2.05, 4.69) is 50.1 Å². The molecule has 1 fully saturated rings. The number of hydrogen-bond donors (Lipinski definition) is 2. The van der Waals surface area contributed by atoms with Crippen LogP contribution in [0.25, 0.3) is 0 Å². The molecule has 0 unspecified atom stereocenters. The highest BCUT2D eigenvalue weighted by atomic mass is 32.2. The van der Waals surface area contributed by atoms with Crippen molar-refractivity contribution < 1.29 is 4.79 Å². The van der Waals surface area contributed by atoms with E-state index >= 15 is 0 Å². The lowest BCUT2D eigenvalue weighted by Gasteiger charge is -2.16. The molecule has 0 aliphatic heterocycles. The van der Waals surface area contributed by atoms with E-state index in [0.717, 1.165) is 12.4 Å². The van der Waals surface area contributed by atoms with E-state index in [1.807, 2.05) is 23.9 Å². The minimum Gasteiger partial charge on any atom is -0.369 e. The van der Waals surface area contributed by atoms with Gasteiger partial charge in [-0.25, -0.2) is 4.98 Å². The highest BCUT2D eigenvalue weighted by Crippen LogP contribution is 2.51. The van der Waals surface area contributed by atoms with Gasteiger partial charge in [-0.3, -0.25) is 10.1 Å². The molecule has 1 amide bonds. The zero-order valence-corrected chi connectivity index (χ0v) is 15.5. The molecular formula is C18H17N5OS2. The first-order valence-corrected chi connectivity index (χ1v) is 9.94. The summed E-state index contributed by atoms with van der Waals surface area (Å²) in [6.07, 6.45) is 3.96. The molecule has 0 spiro atoms. The van der Waals surface area contributed by atoms with E-state index in [-0.39, 0.29) is 10.7 Å². The first kappa shape index (κ1) is 17.0. The molecule has 3 aromatic rings. The minimum atomic E-state index is -0.237. The van der Waals surface area contributed by atoms with Crippen LogP contribution in [0.2, 0.25) is 0 Å². The second-order valence-electron chi connectivity index (χ2n) is 6.08. The number of carbonyl (C=O) groups is 1. The maximum absolute atomic E-state index is 12.1. The third-order valence-corrected chi connectivity index (χ3v) is 6.18. The summed E-state index contributed by atoms with van der Waals surface area (Å²) in [7, 11) is 0. The summed E-state index contributed by atoms with van der Waals surface area (Å²) < 4.78 is 0.247. The number of nitrogens with zero attached hydrogens (tertiary/aromatic N) is 3. The number of carbonyl (C=O) groups excluding carboxylic acids is 1. The lowest BCUT2D eigenvalue weighted by molar-refractivity contribution is 0.102. The maximum atomic E-state index is 12.1. The Morgan fingerprint density at radius 1 is 1.19 bits per heavy atom. The van der Waals surface area contributed by atoms with Gasteiger partial charge in [-0.2, -0.15) is 0 Å². The van der Waals surface area contributed by atoms with Crippen molar-refractivity contribution in [3.8, 4) is 0 Å². The molecule has 0 atom stereocenters. The van der Waals surface area contributed by atoms with Crippen LogP contribution in [0.1, 0.15) is 23.2 Å². The van der Waals surface area contributed by atoms with Crippen LogP contribution in [0.15, 0.2) is 59.1 Å². The molecule has 26 heavy (non-hydrogen) atoms. The van der Waals surface area contributed by atoms with Gasteiger partial charge in [0.2, 0.25) is 5.13 Å². The van der Waals surface area contributed by atoms with Crippen LogP contribution >= 0.6 is 23.1 Å². The van der Waals surface area contributed by atoms with Crippen molar-refractivity contribution in [2.45, 2.75) is 22.5 Å². The molecule has 1 aliphatic rings. The molecule has 2 aromatic heterocycles. The van der Waals surface area contributed by atoms with E-state index in [1.165, 1.54) is 29.1 Å². The molecule has 0 radical (unpaired) electrons. The lowest BCUT2D eigenvalue weighted by Crippen LogP contribution is -2.18. The second kappa shape index (κ2) is 7.43. The summed E-state index contributed by atoms with van der Waals surface area (Å²) in [6, 6.07) is 14.1. The van der Waals surface area contributed by atoms with Crippen LogP contribution in [-0.2, 0) is 0 Å². The number of amides is 1. The summed E-state index contributed by atoms with van der Waals surface area (Å²) in [5.74, 6) is 0.538. The molecule has 2 heterocycles. The minimum absolute atomic E-state index is 0.237. The first-order valence-electron chi connectivity index (χ1n) is 8.24. The highest BCUT2D eigenvalue weighted by molar-refractivity contribution is 8.01. The third kappa shape index (κ3) is 4.20. The van der Waals surface area contributed by atoms with Crippen molar-refractivity contribution >= 4 is 40.0 Å². The van der Waals surface area contributed by atoms with Crippen molar-refractivity contribution in [3.05, 3.63) is 59.7 Å². The summed E-state index contributed by atoms with van der Waals surface area (Å²) in [4.78, 5) is 17.8. The van der Waals surface area contributed by atoms with Gasteiger partial charge in [0, 0.05) is 22.4 Å². The average Bonchev–Trinajstić information content (AvgIpc) is 3.24. The molecule has 6 nitrogen and oxygen atoms in total. The fourth-order valence-electron chi connectivity index (χ4n) is 2.47. The van der Waals surface area contributed by atoms with Crippen molar-refractivity contribution in [1.82, 2.24) is 15.2 Å². The fraction of sp³-hybridized carbons (Fsp3) is 0.222. The number of nitrogens with one attached hydrogen (secondary N) is 2. The van der Waals surface area contributed by atoms with E-state index in [4.69, 9.17) is 0 Å². The van der Waals surface area contributed by atoms with E-state index in [9.17, 15) is 4.79 Å². The number of pyridine rings is 1. The largest absolute Gasteiger partial charge is 0.369 e. The van der Waals surface area contributed by atoms with Crippen molar-refractivity contribution in [2.75, 3.05) is 17.2 Å². The summed E-state index contributed by atoms with van der Waals surface area (Å²) in [6.45, 7) is 0.857. The van der Waals surface area contributed by atoms with Gasteiger partial charge in [0.05, 0.1) is 5.56 Å². The van der Waals surface area contributed by atoms with Crippen LogP contribution < -0.4 is 10.6 Å². The van der Waals surface area contributed by atoms with Crippen LogP contribution in [-0.4, -0.2) is 32.4 Å². The predicted molar refractivity (Wildman–Crippen MR) is 105 cm³/mol. The Hall–Kier alpha value is -2.45. The van der Waals surface area contributed by atoms with E-state index in [1.54, 1.807) is 17.8 Å². The van der Waals surface area contributed by atoms with Gasteiger partial charge in [-0.1, -0.05) is 29.5 Å². The SMILES string of the molecule is O=C(Nc1nncs1)c1ccc(NCC2(Sc3ccccc3)CC2)nc1. The molecule has 4 rings (SSSR count). The maximum Gasteiger partial charge on any atom is 0.259 e. The molecule has 0 bridgehead atoms. The number of anilines is 2. The Balaban J connectivity index is 1.32. The first-order chi connectivity index (χ1) is 12.7. The van der Waals surface area contributed by atoms with Gasteiger partial charge in [0.1, 0.15) is 11.3 Å². The van der Waals surface area contributed by atoms with Crippen molar-refractivity contribution in [3.63, 3.8) is 0 Å². The normalized spacial score (nSPS) is 14.6. The Morgan fingerprint density at radius 2 is 2.04 bits per heavy atom. The summed E-state index contributed by atoms with van der Waals surface area (Å²) >= 11 is 3.20. The summed E-state index contributed by atoms with van der Waals surface area (Å²) in [5, 5.41) is 14.1. The Bertz CT molecular complexity index is 864. The van der Waals surface area contributed by atoms with Gasteiger partial charge in [-0.15, -0.1) is 22.0 Å².